The van der Waals surface area contributed by atoms with E-state index in [0.29, 0.717) is 12.5 Å². The number of rotatable bonds is 4. The number of hydrogen-bond acceptors (Lipinski definition) is 5. The number of aromatic nitrogens is 2. The number of nitrogens with one attached hydrogen (secondary N) is 1. The lowest BCUT2D eigenvalue weighted by Gasteiger charge is -2.03. The molecular weight excluding hydrogens is 232 g/mol. The van der Waals surface area contributed by atoms with Crippen LogP contribution in [0.15, 0.2) is 24.3 Å². The number of anilines is 2. The molecule has 0 radical (unpaired) electrons. The second-order valence-electron chi connectivity index (χ2n) is 4.14. The molecule has 3 N–H and O–H groups in total. The largest absolute Gasteiger partial charge is 0.330 e. The van der Waals surface area contributed by atoms with Crippen LogP contribution in [0.1, 0.15) is 31.2 Å². The predicted molar refractivity (Wildman–Crippen MR) is 71.6 cm³/mol. The summed E-state index contributed by atoms with van der Waals surface area (Å²) in [7, 11) is 0. The lowest BCUT2D eigenvalue weighted by Crippen LogP contribution is -1.97. The van der Waals surface area contributed by atoms with Crippen molar-refractivity contribution < 1.29 is 0 Å². The van der Waals surface area contributed by atoms with Crippen LogP contribution in [-0.2, 0) is 6.54 Å². The molecule has 0 spiro atoms. The SMILES string of the molecule is CC(C)c1nsc(Nc2cccc(CN)c2)n1. The Morgan fingerprint density at radius 1 is 1.41 bits per heavy atom. The number of hydrogen-bond donors (Lipinski definition) is 2. The average molecular weight is 248 g/mol. The number of nitrogens with zero attached hydrogens (tertiary/aromatic N) is 2. The minimum atomic E-state index is 0.358. The van der Waals surface area contributed by atoms with Gasteiger partial charge in [-0.3, -0.25) is 0 Å². The first-order chi connectivity index (χ1) is 8.19. The topological polar surface area (TPSA) is 63.8 Å². The van der Waals surface area contributed by atoms with Gasteiger partial charge >= 0.3 is 0 Å². The zero-order valence-corrected chi connectivity index (χ0v) is 10.8. The van der Waals surface area contributed by atoms with Crippen LogP contribution in [0.4, 0.5) is 10.8 Å². The summed E-state index contributed by atoms with van der Waals surface area (Å²) in [4.78, 5) is 4.43. The smallest absolute Gasteiger partial charge is 0.207 e. The molecule has 0 aliphatic heterocycles. The van der Waals surface area contributed by atoms with E-state index in [9.17, 15) is 0 Å². The van der Waals surface area contributed by atoms with Gasteiger partial charge in [-0.1, -0.05) is 26.0 Å². The van der Waals surface area contributed by atoms with Gasteiger partial charge < -0.3 is 11.1 Å². The van der Waals surface area contributed by atoms with Crippen LogP contribution < -0.4 is 11.1 Å². The quantitative estimate of drug-likeness (QED) is 0.873. The summed E-state index contributed by atoms with van der Waals surface area (Å²) in [6.45, 7) is 4.71. The van der Waals surface area contributed by atoms with Crippen LogP contribution >= 0.6 is 11.5 Å². The van der Waals surface area contributed by atoms with E-state index in [1.165, 1.54) is 11.5 Å². The Kier molecular flexibility index (Phi) is 3.71. The summed E-state index contributed by atoms with van der Waals surface area (Å²) < 4.78 is 4.30. The molecule has 2 aromatic rings. The van der Waals surface area contributed by atoms with Crippen LogP contribution in [0, 0.1) is 0 Å². The minimum Gasteiger partial charge on any atom is -0.330 e. The van der Waals surface area contributed by atoms with Gasteiger partial charge in [-0.25, -0.2) is 4.98 Å². The highest BCUT2D eigenvalue weighted by molar-refractivity contribution is 7.09. The molecule has 0 unspecified atom stereocenters. The maximum absolute atomic E-state index is 5.60. The molecule has 90 valence electrons. The Hall–Kier alpha value is -1.46. The summed E-state index contributed by atoms with van der Waals surface area (Å²) >= 11 is 1.38. The maximum atomic E-state index is 5.60. The van der Waals surface area contributed by atoms with Gasteiger partial charge in [-0.05, 0) is 17.7 Å². The monoisotopic (exact) mass is 248 g/mol. The molecule has 17 heavy (non-hydrogen) atoms. The Labute approximate surface area is 105 Å². The van der Waals surface area contributed by atoms with Crippen LogP contribution in [0.3, 0.4) is 0 Å². The van der Waals surface area contributed by atoms with Crippen LogP contribution in [0.2, 0.25) is 0 Å². The normalized spacial score (nSPS) is 10.8. The fraction of sp³-hybridized carbons (Fsp3) is 0.333. The van der Waals surface area contributed by atoms with E-state index in [0.717, 1.165) is 22.2 Å². The van der Waals surface area contributed by atoms with E-state index < -0.39 is 0 Å². The highest BCUT2D eigenvalue weighted by Gasteiger charge is 2.07. The van der Waals surface area contributed by atoms with Crippen molar-refractivity contribution in [3.05, 3.63) is 35.7 Å². The first-order valence-corrected chi connectivity index (χ1v) is 6.36. The molecule has 0 bridgehead atoms. The zero-order valence-electron chi connectivity index (χ0n) is 9.97. The molecule has 0 atom stereocenters. The third-order valence-electron chi connectivity index (χ3n) is 2.37. The third-order valence-corrected chi connectivity index (χ3v) is 3.02. The lowest BCUT2D eigenvalue weighted by molar-refractivity contribution is 0.800. The van der Waals surface area contributed by atoms with Gasteiger partial charge in [0.15, 0.2) is 0 Å². The second kappa shape index (κ2) is 5.25. The van der Waals surface area contributed by atoms with Crippen LogP contribution in [0.25, 0.3) is 0 Å². The third kappa shape index (κ3) is 3.01. The molecule has 0 aliphatic rings. The molecule has 5 heteroatoms. The highest BCUT2D eigenvalue weighted by Crippen LogP contribution is 2.22. The summed E-state index contributed by atoms with van der Waals surface area (Å²) in [6, 6.07) is 8.01. The van der Waals surface area contributed by atoms with E-state index in [1.54, 1.807) is 0 Å². The van der Waals surface area contributed by atoms with Gasteiger partial charge in [0.2, 0.25) is 5.13 Å². The van der Waals surface area contributed by atoms with Gasteiger partial charge in [-0.15, -0.1) is 0 Å². The summed E-state index contributed by atoms with van der Waals surface area (Å²) in [5.74, 6) is 1.24. The summed E-state index contributed by atoms with van der Waals surface area (Å²) in [5.41, 5.74) is 7.70. The molecule has 0 fully saturated rings. The highest BCUT2D eigenvalue weighted by atomic mass is 32.1. The molecule has 2 rings (SSSR count). The Morgan fingerprint density at radius 3 is 2.88 bits per heavy atom. The molecule has 0 amide bonds. The first kappa shape index (κ1) is 12.0. The maximum Gasteiger partial charge on any atom is 0.207 e. The van der Waals surface area contributed by atoms with E-state index >= 15 is 0 Å². The van der Waals surface area contributed by atoms with Gasteiger partial charge in [0, 0.05) is 29.7 Å². The van der Waals surface area contributed by atoms with E-state index in [-0.39, 0.29) is 0 Å². The van der Waals surface area contributed by atoms with Crippen molar-refractivity contribution in [2.45, 2.75) is 26.3 Å². The first-order valence-electron chi connectivity index (χ1n) is 5.58. The summed E-state index contributed by atoms with van der Waals surface area (Å²) in [6.07, 6.45) is 0. The van der Waals surface area contributed by atoms with E-state index in [1.807, 2.05) is 24.3 Å². The average Bonchev–Trinajstić information content (AvgIpc) is 2.78. The van der Waals surface area contributed by atoms with Crippen molar-refractivity contribution >= 4 is 22.4 Å². The van der Waals surface area contributed by atoms with Crippen molar-refractivity contribution in [1.29, 1.82) is 0 Å². The van der Waals surface area contributed by atoms with Gasteiger partial charge in [0.05, 0.1) is 0 Å². The van der Waals surface area contributed by atoms with Gasteiger partial charge in [0.25, 0.3) is 0 Å². The molecular formula is C12H16N4S. The number of nitrogens with two attached hydrogens (primary N) is 1. The van der Waals surface area contributed by atoms with Crippen molar-refractivity contribution in [1.82, 2.24) is 9.36 Å². The minimum absolute atomic E-state index is 0.358. The Balaban J connectivity index is 2.13. The predicted octanol–water partition coefficient (Wildman–Crippen LogP) is 2.86. The van der Waals surface area contributed by atoms with E-state index in [2.05, 4.69) is 28.5 Å². The second-order valence-corrected chi connectivity index (χ2v) is 4.89. The summed E-state index contributed by atoms with van der Waals surface area (Å²) in [5, 5.41) is 4.07. The van der Waals surface area contributed by atoms with Crippen molar-refractivity contribution in [3.8, 4) is 0 Å². The van der Waals surface area contributed by atoms with Crippen LogP contribution in [0.5, 0.6) is 0 Å². The van der Waals surface area contributed by atoms with Crippen molar-refractivity contribution in [2.75, 3.05) is 5.32 Å². The molecule has 0 saturated carbocycles. The zero-order chi connectivity index (χ0) is 12.3. The van der Waals surface area contributed by atoms with E-state index in [4.69, 9.17) is 5.73 Å². The molecule has 0 saturated heterocycles. The molecule has 1 aromatic heterocycles. The van der Waals surface area contributed by atoms with Gasteiger partial charge in [-0.2, -0.15) is 4.37 Å². The van der Waals surface area contributed by atoms with Gasteiger partial charge in [0.1, 0.15) is 5.82 Å². The molecule has 4 nitrogen and oxygen atoms in total. The van der Waals surface area contributed by atoms with Crippen LogP contribution in [-0.4, -0.2) is 9.36 Å². The van der Waals surface area contributed by atoms with Crippen molar-refractivity contribution in [2.24, 2.45) is 5.73 Å². The Morgan fingerprint density at radius 2 is 2.24 bits per heavy atom. The van der Waals surface area contributed by atoms with Crippen molar-refractivity contribution in [3.63, 3.8) is 0 Å². The fourth-order valence-corrected chi connectivity index (χ4v) is 2.15. The molecule has 1 heterocycles. The lowest BCUT2D eigenvalue weighted by atomic mass is 10.2. The Bertz CT molecular complexity index is 493. The number of benzene rings is 1. The standard InChI is InChI=1S/C12H16N4S/c1-8(2)11-15-12(17-16-11)14-10-5-3-4-9(6-10)7-13/h3-6,8H,7,13H2,1-2H3,(H,14,15,16). The fourth-order valence-electron chi connectivity index (χ4n) is 1.42. The molecule has 0 aliphatic carbocycles. The molecule has 1 aromatic carbocycles.